The summed E-state index contributed by atoms with van der Waals surface area (Å²) in [6, 6.07) is 19.7. The van der Waals surface area contributed by atoms with Gasteiger partial charge < -0.3 is 9.47 Å². The van der Waals surface area contributed by atoms with Crippen LogP contribution >= 0.6 is 0 Å². The highest BCUT2D eigenvalue weighted by molar-refractivity contribution is 5.91. The van der Waals surface area contributed by atoms with Gasteiger partial charge in [-0.1, -0.05) is 29.8 Å². The summed E-state index contributed by atoms with van der Waals surface area (Å²) < 4.78 is 10.9. The molecule has 3 rings (SSSR count). The van der Waals surface area contributed by atoms with Crippen LogP contribution in [0.4, 0.5) is 0 Å². The Bertz CT molecular complexity index is 1090. The van der Waals surface area contributed by atoms with E-state index >= 15 is 0 Å². The summed E-state index contributed by atoms with van der Waals surface area (Å²) in [5.74, 6) is 0.321. The minimum Gasteiger partial charge on any atom is -0.483 e. The van der Waals surface area contributed by atoms with Gasteiger partial charge in [0.25, 0.3) is 5.91 Å². The standard InChI is InChI=1S/C25H24N2O4/c1-17-7-11-21(12-8-17)25(29)31-22-13-9-20(10-14-22)15-26-27-24(28)16-30-23-6-4-5-18(2)19(23)3/h4-15H,16H2,1-3H3,(H,27,28). The molecule has 0 heterocycles. The molecule has 1 amide bonds. The fourth-order valence-corrected chi connectivity index (χ4v) is 2.71. The lowest BCUT2D eigenvalue weighted by Crippen LogP contribution is -2.24. The van der Waals surface area contributed by atoms with Crippen LogP contribution in [0.25, 0.3) is 0 Å². The van der Waals surface area contributed by atoms with E-state index in [-0.39, 0.29) is 12.5 Å². The van der Waals surface area contributed by atoms with Gasteiger partial charge in [-0.25, -0.2) is 10.2 Å². The first-order chi connectivity index (χ1) is 14.9. The Labute approximate surface area is 181 Å². The van der Waals surface area contributed by atoms with Crippen LogP contribution in [-0.4, -0.2) is 24.7 Å². The van der Waals surface area contributed by atoms with Crippen molar-refractivity contribution in [3.05, 3.63) is 94.5 Å². The van der Waals surface area contributed by atoms with Gasteiger partial charge in [0.15, 0.2) is 6.61 Å². The van der Waals surface area contributed by atoms with Crippen LogP contribution in [-0.2, 0) is 4.79 Å². The number of carbonyl (C=O) groups excluding carboxylic acids is 2. The lowest BCUT2D eigenvalue weighted by Gasteiger charge is -2.09. The van der Waals surface area contributed by atoms with E-state index in [0.717, 1.165) is 22.3 Å². The lowest BCUT2D eigenvalue weighted by atomic mass is 10.1. The highest BCUT2D eigenvalue weighted by Crippen LogP contribution is 2.20. The molecule has 3 aromatic rings. The zero-order chi connectivity index (χ0) is 22.2. The number of hydrogen-bond donors (Lipinski definition) is 1. The molecular formula is C25H24N2O4. The van der Waals surface area contributed by atoms with Gasteiger partial charge in [-0.05, 0) is 79.9 Å². The molecule has 1 N–H and O–H groups in total. The molecular weight excluding hydrogens is 392 g/mol. The topological polar surface area (TPSA) is 77.0 Å². The maximum Gasteiger partial charge on any atom is 0.343 e. The average Bonchev–Trinajstić information content (AvgIpc) is 2.76. The third-order valence-corrected chi connectivity index (χ3v) is 4.69. The second-order valence-electron chi connectivity index (χ2n) is 7.10. The zero-order valence-electron chi connectivity index (χ0n) is 17.7. The van der Waals surface area contributed by atoms with Crippen molar-refractivity contribution in [2.45, 2.75) is 20.8 Å². The molecule has 0 aliphatic rings. The molecule has 0 saturated carbocycles. The number of nitrogens with zero attached hydrogens (tertiary/aromatic N) is 1. The lowest BCUT2D eigenvalue weighted by molar-refractivity contribution is -0.123. The van der Waals surface area contributed by atoms with E-state index in [2.05, 4.69) is 10.5 Å². The molecule has 0 radical (unpaired) electrons. The number of benzene rings is 3. The Hall–Kier alpha value is -3.93. The van der Waals surface area contributed by atoms with Gasteiger partial charge in [0.1, 0.15) is 11.5 Å². The van der Waals surface area contributed by atoms with Gasteiger partial charge in [0, 0.05) is 0 Å². The number of esters is 1. The average molecular weight is 416 g/mol. The van der Waals surface area contributed by atoms with Crippen molar-refractivity contribution in [1.82, 2.24) is 5.43 Å². The molecule has 6 nitrogen and oxygen atoms in total. The minimum absolute atomic E-state index is 0.129. The van der Waals surface area contributed by atoms with Gasteiger partial charge in [-0.3, -0.25) is 4.79 Å². The Morgan fingerprint density at radius 3 is 2.35 bits per heavy atom. The van der Waals surface area contributed by atoms with E-state index in [1.54, 1.807) is 36.4 Å². The first-order valence-corrected chi connectivity index (χ1v) is 9.82. The van der Waals surface area contributed by atoms with E-state index in [9.17, 15) is 9.59 Å². The van der Waals surface area contributed by atoms with Crippen LogP contribution in [0.15, 0.2) is 71.8 Å². The van der Waals surface area contributed by atoms with Crippen LogP contribution in [0.3, 0.4) is 0 Å². The van der Waals surface area contributed by atoms with E-state index in [1.165, 1.54) is 6.21 Å². The summed E-state index contributed by atoms with van der Waals surface area (Å²) in [6.45, 7) is 5.76. The minimum atomic E-state index is -0.419. The summed E-state index contributed by atoms with van der Waals surface area (Å²) in [5.41, 5.74) is 6.83. The Morgan fingerprint density at radius 2 is 1.65 bits per heavy atom. The Kier molecular flexibility index (Phi) is 7.17. The van der Waals surface area contributed by atoms with Gasteiger partial charge in [-0.2, -0.15) is 5.10 Å². The number of aryl methyl sites for hydroxylation is 2. The molecule has 158 valence electrons. The fourth-order valence-electron chi connectivity index (χ4n) is 2.71. The van der Waals surface area contributed by atoms with Gasteiger partial charge in [0.05, 0.1) is 11.8 Å². The number of nitrogens with one attached hydrogen (secondary N) is 1. The number of rotatable bonds is 7. The quantitative estimate of drug-likeness (QED) is 0.269. The predicted molar refractivity (Wildman–Crippen MR) is 120 cm³/mol. The van der Waals surface area contributed by atoms with Gasteiger partial charge in [-0.15, -0.1) is 0 Å². The van der Waals surface area contributed by atoms with Crippen molar-refractivity contribution >= 4 is 18.1 Å². The van der Waals surface area contributed by atoms with E-state index < -0.39 is 5.97 Å². The maximum absolute atomic E-state index is 12.2. The van der Waals surface area contributed by atoms with E-state index in [4.69, 9.17) is 9.47 Å². The molecule has 0 bridgehead atoms. The van der Waals surface area contributed by atoms with Crippen LogP contribution in [0.1, 0.15) is 32.6 Å². The molecule has 0 atom stereocenters. The third-order valence-electron chi connectivity index (χ3n) is 4.69. The molecule has 0 aliphatic carbocycles. The van der Waals surface area contributed by atoms with Crippen LogP contribution in [0.2, 0.25) is 0 Å². The summed E-state index contributed by atoms with van der Waals surface area (Å²) in [6.07, 6.45) is 1.50. The largest absolute Gasteiger partial charge is 0.483 e. The highest BCUT2D eigenvalue weighted by Gasteiger charge is 2.08. The number of carbonyl (C=O) groups is 2. The summed E-state index contributed by atoms with van der Waals surface area (Å²) in [5, 5.41) is 3.93. The summed E-state index contributed by atoms with van der Waals surface area (Å²) in [4.78, 5) is 24.1. The first-order valence-electron chi connectivity index (χ1n) is 9.82. The van der Waals surface area contributed by atoms with Crippen molar-refractivity contribution < 1.29 is 19.1 Å². The molecule has 0 saturated heterocycles. The Morgan fingerprint density at radius 1 is 0.935 bits per heavy atom. The number of hydrogen-bond acceptors (Lipinski definition) is 5. The number of hydrazone groups is 1. The molecule has 0 aromatic heterocycles. The maximum atomic E-state index is 12.2. The zero-order valence-corrected chi connectivity index (χ0v) is 17.7. The molecule has 0 aliphatic heterocycles. The Balaban J connectivity index is 1.47. The molecule has 31 heavy (non-hydrogen) atoms. The first kappa shape index (κ1) is 21.8. The second kappa shape index (κ2) is 10.2. The van der Waals surface area contributed by atoms with Crippen LogP contribution < -0.4 is 14.9 Å². The second-order valence-corrected chi connectivity index (χ2v) is 7.10. The molecule has 6 heteroatoms. The molecule has 0 unspecified atom stereocenters. The molecule has 0 spiro atoms. The monoisotopic (exact) mass is 416 g/mol. The van der Waals surface area contributed by atoms with E-state index in [0.29, 0.717) is 17.1 Å². The number of amides is 1. The van der Waals surface area contributed by atoms with Crippen molar-refractivity contribution in [3.63, 3.8) is 0 Å². The van der Waals surface area contributed by atoms with Crippen molar-refractivity contribution in [2.24, 2.45) is 5.10 Å². The number of ether oxygens (including phenoxy) is 2. The molecule has 3 aromatic carbocycles. The van der Waals surface area contributed by atoms with Gasteiger partial charge in [0.2, 0.25) is 0 Å². The van der Waals surface area contributed by atoms with Crippen LogP contribution in [0, 0.1) is 20.8 Å². The predicted octanol–water partition coefficient (Wildman–Crippen LogP) is 4.36. The van der Waals surface area contributed by atoms with E-state index in [1.807, 2.05) is 51.1 Å². The highest BCUT2D eigenvalue weighted by atomic mass is 16.5. The van der Waals surface area contributed by atoms with Crippen LogP contribution in [0.5, 0.6) is 11.5 Å². The smallest absolute Gasteiger partial charge is 0.343 e. The van der Waals surface area contributed by atoms with Crippen molar-refractivity contribution in [3.8, 4) is 11.5 Å². The third kappa shape index (κ3) is 6.27. The van der Waals surface area contributed by atoms with Crippen molar-refractivity contribution in [2.75, 3.05) is 6.61 Å². The normalized spacial score (nSPS) is 10.7. The molecule has 0 fully saturated rings. The summed E-state index contributed by atoms with van der Waals surface area (Å²) in [7, 11) is 0. The van der Waals surface area contributed by atoms with Gasteiger partial charge >= 0.3 is 5.97 Å². The SMILES string of the molecule is Cc1ccc(C(=O)Oc2ccc(C=NNC(=O)COc3cccc(C)c3C)cc2)cc1. The van der Waals surface area contributed by atoms with Crippen molar-refractivity contribution in [1.29, 1.82) is 0 Å². The fraction of sp³-hybridized carbons (Fsp3) is 0.160. The summed E-state index contributed by atoms with van der Waals surface area (Å²) >= 11 is 0.